The molecule has 0 spiro atoms. The van der Waals surface area contributed by atoms with Crippen LogP contribution in [0.3, 0.4) is 0 Å². The molecule has 0 bridgehead atoms. The van der Waals surface area contributed by atoms with Crippen molar-refractivity contribution >= 4 is 34.5 Å². The van der Waals surface area contributed by atoms with E-state index in [0.717, 1.165) is 14.7 Å². The molecule has 0 radical (unpaired) electrons. The Morgan fingerprint density at radius 2 is 1.70 bits per heavy atom. The maximum atomic E-state index is 12.2. The van der Waals surface area contributed by atoms with Gasteiger partial charge in [0.1, 0.15) is 6.04 Å². The van der Waals surface area contributed by atoms with Crippen LogP contribution in [0.15, 0.2) is 54.6 Å². The number of amides is 1. The van der Waals surface area contributed by atoms with Crippen molar-refractivity contribution in [2.75, 3.05) is 7.11 Å². The van der Waals surface area contributed by atoms with Crippen molar-refractivity contribution in [2.24, 2.45) is 0 Å². The maximum Gasteiger partial charge on any atom is 0.328 e. The Labute approximate surface area is 149 Å². The van der Waals surface area contributed by atoms with Gasteiger partial charge in [-0.05, 0) is 45.9 Å². The Morgan fingerprint density at radius 3 is 2.30 bits per heavy atom. The van der Waals surface area contributed by atoms with Crippen molar-refractivity contribution in [3.63, 3.8) is 0 Å². The Bertz CT molecular complexity index is 656. The van der Waals surface area contributed by atoms with E-state index in [4.69, 9.17) is 4.74 Å². The first-order valence-electron chi connectivity index (χ1n) is 7.24. The molecule has 2 aromatic rings. The van der Waals surface area contributed by atoms with Crippen molar-refractivity contribution in [3.05, 3.63) is 69.3 Å². The van der Waals surface area contributed by atoms with Gasteiger partial charge in [-0.3, -0.25) is 4.79 Å². The van der Waals surface area contributed by atoms with E-state index in [9.17, 15) is 9.59 Å². The Kier molecular flexibility index (Phi) is 6.58. The molecular formula is C18H18INO3. The Balaban J connectivity index is 2.02. The van der Waals surface area contributed by atoms with Gasteiger partial charge in [-0.15, -0.1) is 0 Å². The number of halogens is 1. The molecule has 0 aliphatic heterocycles. The number of carbonyl (C=O) groups excluding carboxylic acids is 2. The fourth-order valence-corrected chi connectivity index (χ4v) is 2.58. The van der Waals surface area contributed by atoms with Gasteiger partial charge in [0.15, 0.2) is 0 Å². The van der Waals surface area contributed by atoms with E-state index in [1.807, 2.05) is 54.6 Å². The number of methoxy groups -OCH3 is 1. The van der Waals surface area contributed by atoms with Crippen LogP contribution in [-0.2, 0) is 27.2 Å². The van der Waals surface area contributed by atoms with Gasteiger partial charge in [0.05, 0.1) is 13.5 Å². The molecule has 23 heavy (non-hydrogen) atoms. The molecule has 4 nitrogen and oxygen atoms in total. The molecule has 1 atom stereocenters. The average molecular weight is 423 g/mol. The molecule has 0 saturated carbocycles. The first kappa shape index (κ1) is 17.5. The highest BCUT2D eigenvalue weighted by Gasteiger charge is 2.22. The molecule has 0 aromatic heterocycles. The molecule has 0 fully saturated rings. The zero-order valence-electron chi connectivity index (χ0n) is 12.8. The summed E-state index contributed by atoms with van der Waals surface area (Å²) < 4.78 is 5.92. The zero-order valence-corrected chi connectivity index (χ0v) is 14.9. The van der Waals surface area contributed by atoms with Gasteiger partial charge in [0, 0.05) is 9.99 Å². The molecule has 0 saturated heterocycles. The van der Waals surface area contributed by atoms with Crippen LogP contribution in [0.1, 0.15) is 11.1 Å². The highest BCUT2D eigenvalue weighted by Crippen LogP contribution is 2.10. The lowest BCUT2D eigenvalue weighted by Crippen LogP contribution is -2.43. The summed E-state index contributed by atoms with van der Waals surface area (Å²) in [6.45, 7) is 0. The summed E-state index contributed by atoms with van der Waals surface area (Å²) in [5.74, 6) is -0.637. The summed E-state index contributed by atoms with van der Waals surface area (Å²) in [6.07, 6.45) is 0.644. The van der Waals surface area contributed by atoms with Gasteiger partial charge in [-0.1, -0.05) is 42.5 Å². The second-order valence-corrected chi connectivity index (χ2v) is 6.38. The smallest absolute Gasteiger partial charge is 0.328 e. The molecule has 0 heterocycles. The van der Waals surface area contributed by atoms with E-state index in [2.05, 4.69) is 27.9 Å². The molecule has 1 N–H and O–H groups in total. The van der Waals surface area contributed by atoms with Crippen LogP contribution in [0.4, 0.5) is 0 Å². The number of benzene rings is 2. The fourth-order valence-electron chi connectivity index (χ4n) is 2.22. The largest absolute Gasteiger partial charge is 0.467 e. The highest BCUT2D eigenvalue weighted by molar-refractivity contribution is 14.1. The highest BCUT2D eigenvalue weighted by atomic mass is 127. The van der Waals surface area contributed by atoms with E-state index in [1.165, 1.54) is 7.11 Å². The van der Waals surface area contributed by atoms with Crippen molar-refractivity contribution in [2.45, 2.75) is 18.9 Å². The predicted octanol–water partition coefficient (Wildman–Crippen LogP) is 2.73. The molecule has 0 aliphatic rings. The van der Waals surface area contributed by atoms with Gasteiger partial charge in [-0.2, -0.15) is 0 Å². The number of ether oxygens (including phenoxy) is 1. The van der Waals surface area contributed by atoms with Crippen LogP contribution in [0.5, 0.6) is 0 Å². The van der Waals surface area contributed by atoms with E-state index >= 15 is 0 Å². The van der Waals surface area contributed by atoms with Crippen LogP contribution in [0.25, 0.3) is 0 Å². The quantitative estimate of drug-likeness (QED) is 0.575. The minimum absolute atomic E-state index is 0.197. The Morgan fingerprint density at radius 1 is 1.04 bits per heavy atom. The van der Waals surface area contributed by atoms with Crippen LogP contribution in [0, 0.1) is 3.57 Å². The standard InChI is InChI=1S/C18H18INO3/c1-23-18(22)16(11-14-7-9-15(19)10-8-14)20-17(21)12-13-5-3-2-4-6-13/h2-10,16H,11-12H2,1H3,(H,20,21)/t16-/m1/s1. The third kappa shape index (κ3) is 5.67. The number of nitrogens with one attached hydrogen (secondary N) is 1. The van der Waals surface area contributed by atoms with Crippen molar-refractivity contribution in [1.29, 1.82) is 0 Å². The van der Waals surface area contributed by atoms with Gasteiger partial charge >= 0.3 is 5.97 Å². The van der Waals surface area contributed by atoms with Gasteiger partial charge < -0.3 is 10.1 Å². The summed E-state index contributed by atoms with van der Waals surface area (Å²) in [6, 6.07) is 16.6. The molecular weight excluding hydrogens is 405 g/mol. The summed E-state index contributed by atoms with van der Waals surface area (Å²) in [4.78, 5) is 24.1. The minimum atomic E-state index is -0.684. The van der Waals surface area contributed by atoms with Gasteiger partial charge in [-0.25, -0.2) is 4.79 Å². The number of hydrogen-bond acceptors (Lipinski definition) is 3. The number of esters is 1. The lowest BCUT2D eigenvalue weighted by molar-refractivity contribution is -0.145. The predicted molar refractivity (Wildman–Crippen MR) is 97.0 cm³/mol. The SMILES string of the molecule is COC(=O)[C@@H](Cc1ccc(I)cc1)NC(=O)Cc1ccccc1. The molecule has 0 unspecified atom stereocenters. The monoisotopic (exact) mass is 423 g/mol. The number of carbonyl (C=O) groups is 2. The van der Waals surface area contributed by atoms with E-state index in [0.29, 0.717) is 6.42 Å². The summed E-state index contributed by atoms with van der Waals surface area (Å²) in [5.41, 5.74) is 1.88. The third-order valence-corrected chi connectivity index (χ3v) is 4.10. The normalized spacial score (nSPS) is 11.6. The van der Waals surface area contributed by atoms with Crippen LogP contribution in [-0.4, -0.2) is 25.0 Å². The van der Waals surface area contributed by atoms with Crippen LogP contribution in [0.2, 0.25) is 0 Å². The van der Waals surface area contributed by atoms with Gasteiger partial charge in [0.25, 0.3) is 0 Å². The van der Waals surface area contributed by atoms with E-state index in [1.54, 1.807) is 0 Å². The third-order valence-electron chi connectivity index (χ3n) is 3.38. The molecule has 2 rings (SSSR count). The summed E-state index contributed by atoms with van der Waals surface area (Å²) in [7, 11) is 1.33. The van der Waals surface area contributed by atoms with Crippen LogP contribution < -0.4 is 5.32 Å². The minimum Gasteiger partial charge on any atom is -0.467 e. The Hall–Kier alpha value is -1.89. The van der Waals surface area contributed by atoms with Gasteiger partial charge in [0.2, 0.25) is 5.91 Å². The number of rotatable bonds is 6. The lowest BCUT2D eigenvalue weighted by Gasteiger charge is -2.17. The fraction of sp³-hybridized carbons (Fsp3) is 0.222. The van der Waals surface area contributed by atoms with Crippen molar-refractivity contribution in [1.82, 2.24) is 5.32 Å². The van der Waals surface area contributed by atoms with Crippen LogP contribution >= 0.6 is 22.6 Å². The molecule has 5 heteroatoms. The lowest BCUT2D eigenvalue weighted by atomic mass is 10.1. The summed E-state index contributed by atoms with van der Waals surface area (Å²) >= 11 is 2.22. The maximum absolute atomic E-state index is 12.2. The first-order chi connectivity index (χ1) is 11.1. The molecule has 1 amide bonds. The van der Waals surface area contributed by atoms with Crippen molar-refractivity contribution < 1.29 is 14.3 Å². The molecule has 0 aliphatic carbocycles. The second kappa shape index (κ2) is 8.67. The average Bonchev–Trinajstić information content (AvgIpc) is 2.56. The molecule has 2 aromatic carbocycles. The van der Waals surface area contributed by atoms with E-state index < -0.39 is 12.0 Å². The summed E-state index contributed by atoms with van der Waals surface area (Å²) in [5, 5.41) is 2.76. The molecule has 120 valence electrons. The second-order valence-electron chi connectivity index (χ2n) is 5.14. The van der Waals surface area contributed by atoms with E-state index in [-0.39, 0.29) is 12.3 Å². The number of hydrogen-bond donors (Lipinski definition) is 1. The zero-order chi connectivity index (χ0) is 16.7. The van der Waals surface area contributed by atoms with Crippen molar-refractivity contribution in [3.8, 4) is 0 Å². The first-order valence-corrected chi connectivity index (χ1v) is 8.32. The topological polar surface area (TPSA) is 55.4 Å².